The fourth-order valence-corrected chi connectivity index (χ4v) is 4.78. The van der Waals surface area contributed by atoms with E-state index in [1.807, 2.05) is 50.4 Å². The van der Waals surface area contributed by atoms with Gasteiger partial charge in [-0.2, -0.15) is 10.2 Å². The van der Waals surface area contributed by atoms with Gasteiger partial charge in [0, 0.05) is 29.4 Å². The van der Waals surface area contributed by atoms with Gasteiger partial charge in [-0.25, -0.2) is 0 Å². The lowest BCUT2D eigenvalue weighted by Crippen LogP contribution is -2.24. The third-order valence-corrected chi connectivity index (χ3v) is 6.50. The summed E-state index contributed by atoms with van der Waals surface area (Å²) >= 11 is 5.33. The lowest BCUT2D eigenvalue weighted by Gasteiger charge is -2.17. The maximum Gasteiger partial charge on any atom is 0.573 e. The van der Waals surface area contributed by atoms with E-state index < -0.39 is 6.36 Å². The van der Waals surface area contributed by atoms with E-state index in [2.05, 4.69) is 26.6 Å². The van der Waals surface area contributed by atoms with Gasteiger partial charge in [-0.3, -0.25) is 10.1 Å². The molecule has 3 aromatic carbocycles. The smallest absolute Gasteiger partial charge is 0.406 e. The third kappa shape index (κ3) is 5.55. The van der Waals surface area contributed by atoms with Crippen LogP contribution in [0.2, 0.25) is 0 Å². The molecule has 1 aromatic heterocycles. The van der Waals surface area contributed by atoms with Crippen LogP contribution in [0, 0.1) is 6.92 Å². The summed E-state index contributed by atoms with van der Waals surface area (Å²) < 4.78 is 43.3. The highest BCUT2D eigenvalue weighted by molar-refractivity contribution is 7.80. The Hall–Kier alpha value is -4.18. The predicted octanol–water partition coefficient (Wildman–Crippen LogP) is 6.38. The van der Waals surface area contributed by atoms with Crippen molar-refractivity contribution in [3.63, 3.8) is 0 Å². The molecule has 0 radical (unpaired) electrons. The van der Waals surface area contributed by atoms with E-state index in [-0.39, 0.29) is 5.75 Å². The lowest BCUT2D eigenvalue weighted by molar-refractivity contribution is -0.274. The van der Waals surface area contributed by atoms with E-state index in [1.165, 1.54) is 12.1 Å². The first-order chi connectivity index (χ1) is 18.2. The molecule has 0 fully saturated rings. The summed E-state index contributed by atoms with van der Waals surface area (Å²) in [5.41, 5.74) is 11.6. The zero-order valence-corrected chi connectivity index (χ0v) is 21.5. The molecule has 0 amide bonds. The molecule has 6 nitrogen and oxygen atoms in total. The molecule has 1 aliphatic carbocycles. The molecule has 194 valence electrons. The van der Waals surface area contributed by atoms with Gasteiger partial charge in [-0.05, 0) is 85.1 Å². The Kier molecular flexibility index (Phi) is 6.90. The van der Waals surface area contributed by atoms with Gasteiger partial charge in [0.15, 0.2) is 5.11 Å². The molecule has 0 aliphatic heterocycles. The summed E-state index contributed by atoms with van der Waals surface area (Å²) in [4.78, 5) is 0. The van der Waals surface area contributed by atoms with Gasteiger partial charge >= 0.3 is 6.36 Å². The van der Waals surface area contributed by atoms with Crippen molar-refractivity contribution in [3.8, 4) is 28.3 Å². The molecule has 0 atom stereocenters. The van der Waals surface area contributed by atoms with Crippen LogP contribution in [0.1, 0.15) is 22.3 Å². The third-order valence-electron chi connectivity index (χ3n) is 6.31. The topological polar surface area (TPSA) is 63.5 Å². The first-order valence-corrected chi connectivity index (χ1v) is 12.3. The molecule has 0 spiro atoms. The monoisotopic (exact) mass is 535 g/mol. The van der Waals surface area contributed by atoms with Crippen molar-refractivity contribution in [2.45, 2.75) is 26.1 Å². The molecule has 0 saturated carbocycles. The number of hydrogen-bond acceptors (Lipinski definition) is 4. The van der Waals surface area contributed by atoms with Crippen molar-refractivity contribution >= 4 is 29.2 Å². The molecule has 4 aromatic rings. The SMILES string of the molecule is Cc1ccccc1NC(=S)N/N=C/c1ccc2c(c1)CCc1c-2nn(C)c1-c1ccc(OC(F)(F)F)cc1. The molecule has 0 bridgehead atoms. The van der Waals surface area contributed by atoms with Gasteiger partial charge < -0.3 is 10.1 Å². The van der Waals surface area contributed by atoms with Crippen molar-refractivity contribution in [1.82, 2.24) is 15.2 Å². The van der Waals surface area contributed by atoms with E-state index in [9.17, 15) is 13.2 Å². The van der Waals surface area contributed by atoms with Crippen LogP contribution in [0.4, 0.5) is 18.9 Å². The molecule has 0 saturated heterocycles. The number of hydrogen-bond donors (Lipinski definition) is 2. The number of anilines is 1. The fraction of sp³-hybridized carbons (Fsp3) is 0.179. The van der Waals surface area contributed by atoms with Crippen LogP contribution in [0.25, 0.3) is 22.5 Å². The Morgan fingerprint density at radius 2 is 1.84 bits per heavy atom. The molecule has 38 heavy (non-hydrogen) atoms. The Labute approximate surface area is 223 Å². The number of para-hydroxylation sites is 1. The standard InChI is InChI=1S/C28H24F3N5OS/c1-17-5-3-4-6-24(17)33-27(38)34-32-16-18-7-13-22-20(15-18)10-14-23-25(22)35-36(2)26(23)19-8-11-21(12-9-19)37-28(29,30)31/h3-9,11-13,15-16H,10,14H2,1-2H3,(H2,33,34,38)/b32-16+. The van der Waals surface area contributed by atoms with Gasteiger partial charge in [0.2, 0.25) is 0 Å². The number of rotatable bonds is 5. The van der Waals surface area contributed by atoms with E-state index in [0.717, 1.165) is 63.3 Å². The van der Waals surface area contributed by atoms with Gasteiger partial charge in [0.25, 0.3) is 0 Å². The highest BCUT2D eigenvalue weighted by Gasteiger charge is 2.31. The number of nitrogens with zero attached hydrogens (tertiary/aromatic N) is 3. The van der Waals surface area contributed by atoms with Crippen LogP contribution >= 0.6 is 12.2 Å². The lowest BCUT2D eigenvalue weighted by atomic mass is 9.87. The number of halogens is 3. The Morgan fingerprint density at radius 3 is 2.58 bits per heavy atom. The number of nitrogens with one attached hydrogen (secondary N) is 2. The summed E-state index contributed by atoms with van der Waals surface area (Å²) in [6.45, 7) is 2.00. The van der Waals surface area contributed by atoms with Crippen molar-refractivity contribution in [3.05, 3.63) is 89.0 Å². The van der Waals surface area contributed by atoms with E-state index >= 15 is 0 Å². The van der Waals surface area contributed by atoms with Crippen LogP contribution in [0.15, 0.2) is 71.8 Å². The van der Waals surface area contributed by atoms with Crippen molar-refractivity contribution < 1.29 is 17.9 Å². The van der Waals surface area contributed by atoms with Crippen LogP contribution in [-0.2, 0) is 19.9 Å². The second kappa shape index (κ2) is 10.3. The first-order valence-electron chi connectivity index (χ1n) is 11.9. The average molecular weight is 536 g/mol. The van der Waals surface area contributed by atoms with Crippen LogP contribution in [0.3, 0.4) is 0 Å². The number of ether oxygens (including phenoxy) is 1. The van der Waals surface area contributed by atoms with Gasteiger partial charge in [0.05, 0.1) is 17.6 Å². The van der Waals surface area contributed by atoms with Crippen LogP contribution in [-0.4, -0.2) is 27.5 Å². The molecule has 1 heterocycles. The maximum atomic E-state index is 12.5. The van der Waals surface area contributed by atoms with Crippen molar-refractivity contribution in [2.24, 2.45) is 12.1 Å². The van der Waals surface area contributed by atoms with Crippen molar-refractivity contribution in [1.29, 1.82) is 0 Å². The number of alkyl halides is 3. The summed E-state index contributed by atoms with van der Waals surface area (Å²) in [5.74, 6) is -0.252. The van der Waals surface area contributed by atoms with E-state index in [0.29, 0.717) is 5.11 Å². The summed E-state index contributed by atoms with van der Waals surface area (Å²) in [6.07, 6.45) is -1.44. The highest BCUT2D eigenvalue weighted by atomic mass is 32.1. The summed E-state index contributed by atoms with van der Waals surface area (Å²) in [6, 6.07) is 19.8. The molecule has 5 rings (SSSR count). The Morgan fingerprint density at radius 1 is 1.08 bits per heavy atom. The zero-order chi connectivity index (χ0) is 26.9. The summed E-state index contributed by atoms with van der Waals surface area (Å²) in [5, 5.41) is 12.5. The number of aromatic nitrogens is 2. The highest BCUT2D eigenvalue weighted by Crippen LogP contribution is 2.39. The van der Waals surface area contributed by atoms with E-state index in [1.54, 1.807) is 23.0 Å². The number of hydrazone groups is 1. The van der Waals surface area contributed by atoms with Gasteiger partial charge in [0.1, 0.15) is 5.75 Å². The van der Waals surface area contributed by atoms with E-state index in [4.69, 9.17) is 17.3 Å². The molecular weight excluding hydrogens is 511 g/mol. The minimum Gasteiger partial charge on any atom is -0.406 e. The Bertz CT molecular complexity index is 1530. The summed E-state index contributed by atoms with van der Waals surface area (Å²) in [7, 11) is 1.84. The first kappa shape index (κ1) is 25.5. The maximum absolute atomic E-state index is 12.5. The van der Waals surface area contributed by atoms with Crippen LogP contribution in [0.5, 0.6) is 5.75 Å². The van der Waals surface area contributed by atoms with Gasteiger partial charge in [-0.15, -0.1) is 13.2 Å². The largest absolute Gasteiger partial charge is 0.573 e. The number of aryl methyl sites for hydroxylation is 3. The molecule has 10 heteroatoms. The minimum absolute atomic E-state index is 0.252. The molecule has 0 unspecified atom stereocenters. The molecule has 1 aliphatic rings. The fourth-order valence-electron chi connectivity index (χ4n) is 4.62. The Balaban J connectivity index is 1.31. The number of benzene rings is 3. The zero-order valence-electron chi connectivity index (χ0n) is 20.6. The van der Waals surface area contributed by atoms with Gasteiger partial charge in [-0.1, -0.05) is 30.3 Å². The minimum atomic E-state index is -4.72. The number of fused-ring (bicyclic) bond motifs is 3. The second-order valence-corrected chi connectivity index (χ2v) is 9.34. The second-order valence-electron chi connectivity index (χ2n) is 8.93. The quantitative estimate of drug-likeness (QED) is 0.176. The van der Waals surface area contributed by atoms with Crippen molar-refractivity contribution in [2.75, 3.05) is 5.32 Å². The molecular formula is C28H24F3N5OS. The normalized spacial score (nSPS) is 12.7. The predicted molar refractivity (Wildman–Crippen MR) is 146 cm³/mol. The average Bonchev–Trinajstić information content (AvgIpc) is 3.21. The van der Waals surface area contributed by atoms with Crippen LogP contribution < -0.4 is 15.5 Å². The molecule has 2 N–H and O–H groups in total. The number of thiocarbonyl (C=S) groups is 1.